The van der Waals surface area contributed by atoms with Gasteiger partial charge >= 0.3 is 0 Å². The first-order chi connectivity index (χ1) is 15.7. The number of hydrogen-bond donors (Lipinski definition) is 3. The van der Waals surface area contributed by atoms with Gasteiger partial charge < -0.3 is 20.6 Å². The lowest BCUT2D eigenvalue weighted by atomic mass is 9.91. The molecule has 158 valence electrons. The summed E-state index contributed by atoms with van der Waals surface area (Å²) < 4.78 is 2.29. The molecule has 0 spiro atoms. The predicted molar refractivity (Wildman–Crippen MR) is 128 cm³/mol. The monoisotopic (exact) mass is 420 g/mol. The molecule has 3 heterocycles. The molecule has 0 atom stereocenters. The molecule has 1 saturated heterocycles. The molecule has 1 aliphatic carbocycles. The number of pyridine rings is 1. The molecular weight excluding hydrogens is 396 g/mol. The average Bonchev–Trinajstić information content (AvgIpc) is 3.20. The molecule has 1 fully saturated rings. The fourth-order valence-corrected chi connectivity index (χ4v) is 4.28. The molecule has 0 radical (unpaired) electrons. The summed E-state index contributed by atoms with van der Waals surface area (Å²) in [5, 5.41) is 24.9. The SMILES string of the molecule is CN/C=C1/C=C(c2ncc3c(ccn3CC3CNC3)c2-c2ccc(C#N)cc2)C=CC1=N. The first-order valence-corrected chi connectivity index (χ1v) is 10.7. The number of fused-ring (bicyclic) bond motifs is 1. The average molecular weight is 421 g/mol. The van der Waals surface area contributed by atoms with Crippen molar-refractivity contribution in [2.24, 2.45) is 5.92 Å². The van der Waals surface area contributed by atoms with Gasteiger partial charge in [-0.15, -0.1) is 0 Å². The Balaban J connectivity index is 1.69. The second-order valence-electron chi connectivity index (χ2n) is 8.20. The van der Waals surface area contributed by atoms with Gasteiger partial charge in [0.25, 0.3) is 0 Å². The van der Waals surface area contributed by atoms with Crippen LogP contribution < -0.4 is 10.6 Å². The first kappa shape index (κ1) is 20.0. The van der Waals surface area contributed by atoms with E-state index in [1.165, 1.54) is 0 Å². The van der Waals surface area contributed by atoms with E-state index in [0.717, 1.165) is 58.5 Å². The van der Waals surface area contributed by atoms with Gasteiger partial charge in [0.15, 0.2) is 0 Å². The van der Waals surface area contributed by atoms with E-state index < -0.39 is 0 Å². The molecule has 0 amide bonds. The van der Waals surface area contributed by atoms with Crippen LogP contribution in [-0.2, 0) is 6.54 Å². The predicted octanol–water partition coefficient (Wildman–Crippen LogP) is 3.87. The Labute approximate surface area is 187 Å². The number of rotatable bonds is 5. The van der Waals surface area contributed by atoms with Crippen molar-refractivity contribution < 1.29 is 0 Å². The highest BCUT2D eigenvalue weighted by Gasteiger charge is 2.21. The molecule has 6 nitrogen and oxygen atoms in total. The molecule has 2 aliphatic rings. The second kappa shape index (κ2) is 8.29. The zero-order chi connectivity index (χ0) is 22.1. The number of allylic oxidation sites excluding steroid dienone is 5. The van der Waals surface area contributed by atoms with Crippen molar-refractivity contribution in [3.05, 3.63) is 84.0 Å². The number of benzene rings is 1. The summed E-state index contributed by atoms with van der Waals surface area (Å²) in [5.74, 6) is 0.646. The van der Waals surface area contributed by atoms with Gasteiger partial charge in [-0.3, -0.25) is 4.98 Å². The van der Waals surface area contributed by atoms with E-state index in [1.807, 2.05) is 61.9 Å². The van der Waals surface area contributed by atoms with Crippen molar-refractivity contribution in [1.82, 2.24) is 20.2 Å². The van der Waals surface area contributed by atoms with E-state index in [4.69, 9.17) is 10.4 Å². The number of hydrogen-bond acceptors (Lipinski definition) is 5. The molecule has 3 aromatic rings. The van der Waals surface area contributed by atoms with E-state index in [1.54, 1.807) is 0 Å². The third kappa shape index (κ3) is 3.53. The lowest BCUT2D eigenvalue weighted by Crippen LogP contribution is -2.44. The van der Waals surface area contributed by atoms with Crippen molar-refractivity contribution >= 4 is 22.2 Å². The molecule has 0 unspecified atom stereocenters. The van der Waals surface area contributed by atoms with Crippen LogP contribution in [0.4, 0.5) is 0 Å². The fraction of sp³-hybridized carbons (Fsp3) is 0.192. The Bertz CT molecular complexity index is 1330. The van der Waals surface area contributed by atoms with E-state index in [-0.39, 0.29) is 0 Å². The van der Waals surface area contributed by atoms with E-state index in [0.29, 0.717) is 17.2 Å². The minimum atomic E-state index is 0.462. The Morgan fingerprint density at radius 3 is 2.75 bits per heavy atom. The molecule has 6 heteroatoms. The summed E-state index contributed by atoms with van der Waals surface area (Å²) in [7, 11) is 1.83. The molecule has 0 bridgehead atoms. The van der Waals surface area contributed by atoms with Gasteiger partial charge in [0.1, 0.15) is 0 Å². The van der Waals surface area contributed by atoms with Gasteiger partial charge in [-0.05, 0) is 35.9 Å². The standard InChI is InChI=1S/C26H24N6/c1-29-14-21-10-20(6-7-23(21)28)26-25(19-4-2-17(11-27)3-5-19)22-8-9-32(24(22)15-31-26)16-18-12-30-13-18/h2-10,14-15,18,28-30H,12-13,16H2,1H3/b21-14-,28-23?. The van der Waals surface area contributed by atoms with E-state index in [9.17, 15) is 5.26 Å². The van der Waals surface area contributed by atoms with Crippen molar-refractivity contribution in [1.29, 1.82) is 10.7 Å². The maximum Gasteiger partial charge on any atom is 0.0991 e. The highest BCUT2D eigenvalue weighted by Crippen LogP contribution is 2.37. The summed E-state index contributed by atoms with van der Waals surface area (Å²) in [6, 6.07) is 12.0. The summed E-state index contributed by atoms with van der Waals surface area (Å²) in [4.78, 5) is 4.91. The Morgan fingerprint density at radius 2 is 2.06 bits per heavy atom. The normalized spacial score (nSPS) is 17.3. The van der Waals surface area contributed by atoms with Gasteiger partial charge in [-0.25, -0.2) is 0 Å². The Hall–Kier alpha value is -3.95. The van der Waals surface area contributed by atoms with E-state index in [2.05, 4.69) is 33.5 Å². The van der Waals surface area contributed by atoms with Crippen LogP contribution in [0.1, 0.15) is 11.3 Å². The van der Waals surface area contributed by atoms with Gasteiger partial charge in [0, 0.05) is 67.1 Å². The zero-order valence-corrected chi connectivity index (χ0v) is 17.9. The Morgan fingerprint density at radius 1 is 1.25 bits per heavy atom. The topological polar surface area (TPSA) is 89.5 Å². The molecular formula is C26H24N6. The molecule has 1 aromatic carbocycles. The third-order valence-corrected chi connectivity index (χ3v) is 6.08. The fourth-order valence-electron chi connectivity index (χ4n) is 4.28. The van der Waals surface area contributed by atoms with Crippen LogP contribution in [0.15, 0.2) is 72.7 Å². The summed E-state index contributed by atoms with van der Waals surface area (Å²) in [6.45, 7) is 3.08. The van der Waals surface area contributed by atoms with Crippen molar-refractivity contribution in [2.45, 2.75) is 6.54 Å². The molecule has 0 saturated carbocycles. The minimum Gasteiger partial charge on any atom is -0.393 e. The van der Waals surface area contributed by atoms with Gasteiger partial charge in [-0.2, -0.15) is 5.26 Å². The van der Waals surface area contributed by atoms with Crippen molar-refractivity contribution in [3.63, 3.8) is 0 Å². The minimum absolute atomic E-state index is 0.462. The van der Waals surface area contributed by atoms with Crippen molar-refractivity contribution in [2.75, 3.05) is 20.1 Å². The number of nitrogens with one attached hydrogen (secondary N) is 3. The maximum absolute atomic E-state index is 9.23. The smallest absolute Gasteiger partial charge is 0.0991 e. The first-order valence-electron chi connectivity index (χ1n) is 10.7. The summed E-state index contributed by atoms with van der Waals surface area (Å²) >= 11 is 0. The molecule has 2 aromatic heterocycles. The van der Waals surface area contributed by atoms with Crippen LogP contribution >= 0.6 is 0 Å². The summed E-state index contributed by atoms with van der Waals surface area (Å²) in [5.41, 5.74) is 6.92. The van der Waals surface area contributed by atoms with Crippen LogP contribution in [0.3, 0.4) is 0 Å². The highest BCUT2D eigenvalue weighted by molar-refractivity contribution is 6.14. The number of nitriles is 1. The van der Waals surface area contributed by atoms with Crippen LogP contribution in [0.25, 0.3) is 27.6 Å². The van der Waals surface area contributed by atoms with Gasteiger partial charge in [-0.1, -0.05) is 18.2 Å². The van der Waals surface area contributed by atoms with Crippen LogP contribution in [0.2, 0.25) is 0 Å². The third-order valence-electron chi connectivity index (χ3n) is 6.08. The second-order valence-corrected chi connectivity index (χ2v) is 8.20. The molecule has 3 N–H and O–H groups in total. The zero-order valence-electron chi connectivity index (χ0n) is 17.9. The molecule has 1 aliphatic heterocycles. The number of nitrogens with zero attached hydrogens (tertiary/aromatic N) is 3. The molecule has 5 rings (SSSR count). The largest absolute Gasteiger partial charge is 0.393 e. The maximum atomic E-state index is 9.23. The lowest BCUT2D eigenvalue weighted by Gasteiger charge is -2.27. The summed E-state index contributed by atoms with van der Waals surface area (Å²) in [6.07, 6.45) is 11.7. The quantitative estimate of drug-likeness (QED) is 0.585. The van der Waals surface area contributed by atoms with Gasteiger partial charge in [0.2, 0.25) is 0 Å². The van der Waals surface area contributed by atoms with Crippen LogP contribution in [0.5, 0.6) is 0 Å². The van der Waals surface area contributed by atoms with Crippen molar-refractivity contribution in [3.8, 4) is 17.2 Å². The van der Waals surface area contributed by atoms with Crippen LogP contribution in [-0.4, -0.2) is 35.4 Å². The van der Waals surface area contributed by atoms with E-state index >= 15 is 0 Å². The van der Waals surface area contributed by atoms with Gasteiger partial charge in [0.05, 0.1) is 34.8 Å². The Kier molecular flexibility index (Phi) is 5.18. The highest BCUT2D eigenvalue weighted by atomic mass is 15.0. The number of aromatic nitrogens is 2. The lowest BCUT2D eigenvalue weighted by molar-refractivity contribution is 0.310. The van der Waals surface area contributed by atoms with Crippen LogP contribution in [0, 0.1) is 22.7 Å². The molecule has 32 heavy (non-hydrogen) atoms.